The molecule has 114 valence electrons. The van der Waals surface area contributed by atoms with Crippen molar-refractivity contribution in [2.24, 2.45) is 23.7 Å². The Morgan fingerprint density at radius 2 is 1.95 bits per heavy atom. The quantitative estimate of drug-likeness (QED) is 0.907. The summed E-state index contributed by atoms with van der Waals surface area (Å²) in [5, 5.41) is 3.89. The molecule has 0 aliphatic heterocycles. The van der Waals surface area contributed by atoms with Crippen LogP contribution in [0.3, 0.4) is 0 Å². The third-order valence-electron chi connectivity index (χ3n) is 6.42. The predicted octanol–water partition coefficient (Wildman–Crippen LogP) is 3.67. The zero-order valence-corrected chi connectivity index (χ0v) is 13.4. The van der Waals surface area contributed by atoms with Crippen molar-refractivity contribution >= 4 is 5.69 Å². The van der Waals surface area contributed by atoms with E-state index < -0.39 is 0 Å². The molecule has 1 aromatic rings. The summed E-state index contributed by atoms with van der Waals surface area (Å²) >= 11 is 0. The van der Waals surface area contributed by atoms with Crippen molar-refractivity contribution in [3.05, 3.63) is 29.8 Å². The van der Waals surface area contributed by atoms with Crippen LogP contribution in [-0.4, -0.2) is 20.1 Å². The highest BCUT2D eigenvalue weighted by atomic mass is 15.1. The Bertz CT molecular complexity index is 510. The number of nitrogens with one attached hydrogen (secondary N) is 1. The Morgan fingerprint density at radius 3 is 2.81 bits per heavy atom. The van der Waals surface area contributed by atoms with Crippen molar-refractivity contribution < 1.29 is 0 Å². The normalized spacial score (nSPS) is 37.0. The van der Waals surface area contributed by atoms with Gasteiger partial charge in [-0.25, -0.2) is 0 Å². The lowest BCUT2D eigenvalue weighted by Crippen LogP contribution is -2.38. The molecule has 5 atom stereocenters. The molecule has 2 heteroatoms. The second-order valence-electron chi connectivity index (χ2n) is 7.71. The van der Waals surface area contributed by atoms with Crippen LogP contribution in [0, 0.1) is 23.7 Å². The van der Waals surface area contributed by atoms with E-state index in [-0.39, 0.29) is 0 Å². The number of rotatable bonds is 4. The molecule has 21 heavy (non-hydrogen) atoms. The third-order valence-corrected chi connectivity index (χ3v) is 6.42. The maximum atomic E-state index is 3.89. The summed E-state index contributed by atoms with van der Waals surface area (Å²) in [4.78, 5) is 2.18. The number of benzene rings is 1. The zero-order chi connectivity index (χ0) is 14.4. The summed E-state index contributed by atoms with van der Waals surface area (Å²) in [6.45, 7) is 1.03. The maximum absolute atomic E-state index is 3.89. The molecule has 3 aliphatic carbocycles. The van der Waals surface area contributed by atoms with Crippen LogP contribution in [0.1, 0.15) is 37.7 Å². The van der Waals surface area contributed by atoms with Gasteiger partial charge in [-0.3, -0.25) is 0 Å². The molecule has 0 unspecified atom stereocenters. The van der Waals surface area contributed by atoms with E-state index in [4.69, 9.17) is 0 Å². The molecule has 0 aromatic heterocycles. The number of hydrogen-bond donors (Lipinski definition) is 1. The monoisotopic (exact) mass is 284 g/mol. The highest BCUT2D eigenvalue weighted by molar-refractivity contribution is 5.47. The molecule has 0 heterocycles. The Kier molecular flexibility index (Phi) is 3.45. The minimum absolute atomic E-state index is 0.789. The van der Waals surface area contributed by atoms with Crippen LogP contribution in [-0.2, 0) is 6.54 Å². The van der Waals surface area contributed by atoms with Crippen LogP contribution in [0.5, 0.6) is 0 Å². The second kappa shape index (κ2) is 5.31. The van der Waals surface area contributed by atoms with Gasteiger partial charge in [-0.2, -0.15) is 0 Å². The highest BCUT2D eigenvalue weighted by Gasteiger charge is 2.53. The van der Waals surface area contributed by atoms with Gasteiger partial charge in [0.05, 0.1) is 0 Å². The van der Waals surface area contributed by atoms with E-state index in [1.807, 2.05) is 0 Å². The number of fused-ring (bicyclic) bond motifs is 5. The first-order valence-electron chi connectivity index (χ1n) is 8.72. The van der Waals surface area contributed by atoms with E-state index >= 15 is 0 Å². The second-order valence-corrected chi connectivity index (χ2v) is 7.71. The van der Waals surface area contributed by atoms with Crippen LogP contribution in [0.4, 0.5) is 5.69 Å². The van der Waals surface area contributed by atoms with Gasteiger partial charge in [0.25, 0.3) is 0 Å². The van der Waals surface area contributed by atoms with Crippen molar-refractivity contribution in [3.8, 4) is 0 Å². The first kappa shape index (κ1) is 13.6. The van der Waals surface area contributed by atoms with Crippen LogP contribution >= 0.6 is 0 Å². The molecule has 2 bridgehead atoms. The fourth-order valence-electron chi connectivity index (χ4n) is 5.50. The zero-order valence-electron chi connectivity index (χ0n) is 13.4. The van der Waals surface area contributed by atoms with Gasteiger partial charge in [-0.05, 0) is 67.1 Å². The van der Waals surface area contributed by atoms with E-state index in [1.54, 1.807) is 0 Å². The molecule has 1 N–H and O–H groups in total. The van der Waals surface area contributed by atoms with Gasteiger partial charge in [0.1, 0.15) is 0 Å². The Labute approximate surface area is 128 Å². The summed E-state index contributed by atoms with van der Waals surface area (Å²) in [6, 6.07) is 9.73. The average Bonchev–Trinajstić information content (AvgIpc) is 3.17. The number of hydrogen-bond acceptors (Lipinski definition) is 2. The number of anilines is 1. The van der Waals surface area contributed by atoms with E-state index in [0.717, 1.165) is 36.3 Å². The molecular formula is C19H28N2. The Hall–Kier alpha value is -1.02. The molecule has 0 radical (unpaired) electrons. The van der Waals surface area contributed by atoms with Crippen LogP contribution in [0.2, 0.25) is 0 Å². The van der Waals surface area contributed by atoms with Gasteiger partial charge in [0.2, 0.25) is 0 Å². The molecule has 0 amide bonds. The van der Waals surface area contributed by atoms with Gasteiger partial charge in [-0.1, -0.05) is 18.6 Å². The maximum Gasteiger partial charge on any atom is 0.0364 e. The third kappa shape index (κ3) is 2.38. The van der Waals surface area contributed by atoms with Gasteiger partial charge < -0.3 is 10.2 Å². The van der Waals surface area contributed by atoms with Gasteiger partial charge in [0.15, 0.2) is 0 Å². The van der Waals surface area contributed by atoms with E-state index in [0.29, 0.717) is 0 Å². The molecule has 0 saturated heterocycles. The summed E-state index contributed by atoms with van der Waals surface area (Å²) in [5.74, 6) is 4.20. The largest absolute Gasteiger partial charge is 0.378 e. The molecule has 1 aromatic carbocycles. The van der Waals surface area contributed by atoms with Gasteiger partial charge >= 0.3 is 0 Å². The van der Waals surface area contributed by atoms with Crippen molar-refractivity contribution in [2.75, 3.05) is 19.0 Å². The lowest BCUT2D eigenvalue weighted by Gasteiger charge is -2.32. The van der Waals surface area contributed by atoms with Crippen molar-refractivity contribution in [1.29, 1.82) is 0 Å². The van der Waals surface area contributed by atoms with E-state index in [2.05, 4.69) is 48.6 Å². The van der Waals surface area contributed by atoms with Gasteiger partial charge in [0, 0.05) is 32.4 Å². The molecule has 3 fully saturated rings. The van der Waals surface area contributed by atoms with Crippen LogP contribution in [0.15, 0.2) is 24.3 Å². The summed E-state index contributed by atoms with van der Waals surface area (Å²) < 4.78 is 0. The summed E-state index contributed by atoms with van der Waals surface area (Å²) in [5.41, 5.74) is 2.73. The topological polar surface area (TPSA) is 15.3 Å². The highest BCUT2D eigenvalue weighted by Crippen LogP contribution is 2.58. The minimum Gasteiger partial charge on any atom is -0.378 e. The fourth-order valence-corrected chi connectivity index (χ4v) is 5.50. The standard InChI is InChI=1S/C19H28N2/c1-21(2)15-6-3-5-13(9-15)12-20-19-11-14-10-18(19)17-8-4-7-16(14)17/h3,5-6,9,14,16-20H,4,7-8,10-12H2,1-2H3/t14-,16+,17+,18-,19+/m0/s1. The Balaban J connectivity index is 1.39. The van der Waals surface area contributed by atoms with Crippen LogP contribution in [0.25, 0.3) is 0 Å². The first-order chi connectivity index (χ1) is 10.2. The minimum atomic E-state index is 0.789. The van der Waals surface area contributed by atoms with Crippen LogP contribution < -0.4 is 10.2 Å². The lowest BCUT2D eigenvalue weighted by molar-refractivity contribution is 0.208. The van der Waals surface area contributed by atoms with Gasteiger partial charge in [-0.15, -0.1) is 0 Å². The Morgan fingerprint density at radius 1 is 1.10 bits per heavy atom. The van der Waals surface area contributed by atoms with E-state index in [1.165, 1.54) is 43.4 Å². The van der Waals surface area contributed by atoms with Crippen molar-refractivity contribution in [3.63, 3.8) is 0 Å². The molecule has 4 rings (SSSR count). The molecule has 3 saturated carbocycles. The fraction of sp³-hybridized carbons (Fsp3) is 0.684. The smallest absolute Gasteiger partial charge is 0.0364 e. The summed E-state index contributed by atoms with van der Waals surface area (Å²) in [7, 11) is 4.23. The van der Waals surface area contributed by atoms with Crippen molar-refractivity contribution in [2.45, 2.75) is 44.7 Å². The molecule has 3 aliphatic rings. The molecular weight excluding hydrogens is 256 g/mol. The first-order valence-corrected chi connectivity index (χ1v) is 8.72. The number of nitrogens with zero attached hydrogens (tertiary/aromatic N) is 1. The lowest BCUT2D eigenvalue weighted by atomic mass is 9.79. The predicted molar refractivity (Wildman–Crippen MR) is 88.4 cm³/mol. The summed E-state index contributed by atoms with van der Waals surface area (Å²) in [6.07, 6.45) is 7.51. The van der Waals surface area contributed by atoms with E-state index in [9.17, 15) is 0 Å². The molecule has 2 nitrogen and oxygen atoms in total. The molecule has 0 spiro atoms. The van der Waals surface area contributed by atoms with Crippen molar-refractivity contribution in [1.82, 2.24) is 5.32 Å². The SMILES string of the molecule is CN(C)c1cccc(CN[C@@H]2C[C@@H]3C[C@H]2[C@@H]2CCC[C@H]32)c1. The average molecular weight is 284 g/mol.